The van der Waals surface area contributed by atoms with Crippen LogP contribution in [0.25, 0.3) is 0 Å². The molecule has 1 saturated heterocycles. The summed E-state index contributed by atoms with van der Waals surface area (Å²) >= 11 is 0. The lowest BCUT2D eigenvalue weighted by Crippen LogP contribution is -2.44. The fourth-order valence-corrected chi connectivity index (χ4v) is 3.05. The molecule has 1 N–H and O–H groups in total. The molecule has 2 rings (SSSR count). The summed E-state index contributed by atoms with van der Waals surface area (Å²) in [6.45, 7) is 11.1. The number of hydrogen-bond donors (Lipinski definition) is 1. The molecule has 0 saturated carbocycles. The third kappa shape index (κ3) is 4.29. The number of hydrogen-bond acceptors (Lipinski definition) is 3. The topological polar surface area (TPSA) is 28.2 Å². The Kier molecular flexibility index (Phi) is 5.34. The van der Waals surface area contributed by atoms with Crippen molar-refractivity contribution in [1.29, 1.82) is 0 Å². The van der Waals surface area contributed by atoms with E-state index in [-0.39, 0.29) is 0 Å². The summed E-state index contributed by atoms with van der Waals surface area (Å²) in [7, 11) is 0. The van der Waals surface area contributed by atoms with Gasteiger partial charge in [-0.15, -0.1) is 0 Å². The Hall–Kier alpha value is -0.930. The van der Waals surface area contributed by atoms with Gasteiger partial charge in [-0.1, -0.05) is 13.0 Å². The van der Waals surface area contributed by atoms with Gasteiger partial charge >= 0.3 is 0 Å². The van der Waals surface area contributed by atoms with Crippen LogP contribution in [0.2, 0.25) is 0 Å². The summed E-state index contributed by atoms with van der Waals surface area (Å²) in [5.74, 6) is 0.776. The predicted octanol–water partition coefficient (Wildman–Crippen LogP) is 2.60. The Bertz CT molecular complexity index is 391. The molecule has 0 aliphatic carbocycles. The van der Waals surface area contributed by atoms with Crippen molar-refractivity contribution in [3.05, 3.63) is 29.6 Å². The van der Waals surface area contributed by atoms with Crippen molar-refractivity contribution < 1.29 is 0 Å². The van der Waals surface area contributed by atoms with Gasteiger partial charge in [-0.3, -0.25) is 9.88 Å². The van der Waals surface area contributed by atoms with E-state index in [0.29, 0.717) is 6.04 Å². The van der Waals surface area contributed by atoms with E-state index in [1.54, 1.807) is 0 Å². The van der Waals surface area contributed by atoms with Gasteiger partial charge in [0.2, 0.25) is 0 Å². The first-order chi connectivity index (χ1) is 9.19. The molecule has 1 aromatic rings. The molecular formula is C16H27N3. The van der Waals surface area contributed by atoms with Crippen LogP contribution in [-0.2, 0) is 6.54 Å². The molecule has 0 bridgehead atoms. The molecule has 1 aromatic heterocycles. The number of likely N-dealkylation sites (tertiary alicyclic amines) is 1. The summed E-state index contributed by atoms with van der Waals surface area (Å²) in [6, 6.07) is 6.94. The second-order valence-corrected chi connectivity index (χ2v) is 5.75. The highest BCUT2D eigenvalue weighted by atomic mass is 15.1. The van der Waals surface area contributed by atoms with Gasteiger partial charge in [0.1, 0.15) is 0 Å². The largest absolute Gasteiger partial charge is 0.314 e. The maximum atomic E-state index is 4.62. The van der Waals surface area contributed by atoms with Crippen LogP contribution in [-0.4, -0.2) is 35.6 Å². The molecule has 0 radical (unpaired) electrons. The maximum absolute atomic E-state index is 4.62. The summed E-state index contributed by atoms with van der Waals surface area (Å²) in [6.07, 6.45) is 2.66. The van der Waals surface area contributed by atoms with E-state index in [1.807, 2.05) is 0 Å². The number of aryl methyl sites for hydroxylation is 1. The maximum Gasteiger partial charge on any atom is 0.0547 e. The molecule has 0 spiro atoms. The number of aromatic nitrogens is 1. The van der Waals surface area contributed by atoms with Gasteiger partial charge in [0.15, 0.2) is 0 Å². The fourth-order valence-electron chi connectivity index (χ4n) is 3.05. The smallest absolute Gasteiger partial charge is 0.0547 e. The molecule has 3 heteroatoms. The molecule has 106 valence electrons. The van der Waals surface area contributed by atoms with Crippen molar-refractivity contribution in [1.82, 2.24) is 15.2 Å². The Balaban J connectivity index is 1.90. The van der Waals surface area contributed by atoms with Crippen molar-refractivity contribution >= 4 is 0 Å². The van der Waals surface area contributed by atoms with Crippen LogP contribution in [0.4, 0.5) is 0 Å². The average molecular weight is 261 g/mol. The standard InChI is InChI=1S/C16H27N3/c1-4-17-14(3)15-8-6-10-19(11-15)12-16-9-5-7-13(2)18-16/h5,7,9,14-15,17H,4,6,8,10-12H2,1-3H3. The van der Waals surface area contributed by atoms with Gasteiger partial charge in [0, 0.05) is 24.8 Å². The molecule has 0 aromatic carbocycles. The highest BCUT2D eigenvalue weighted by Gasteiger charge is 2.24. The van der Waals surface area contributed by atoms with Gasteiger partial charge < -0.3 is 5.32 Å². The number of rotatable bonds is 5. The molecule has 1 fully saturated rings. The van der Waals surface area contributed by atoms with Crippen molar-refractivity contribution in [3.63, 3.8) is 0 Å². The molecule has 1 aliphatic heterocycles. The second kappa shape index (κ2) is 7.01. The fraction of sp³-hybridized carbons (Fsp3) is 0.688. The molecule has 2 unspecified atom stereocenters. The summed E-state index contributed by atoms with van der Waals surface area (Å²) in [5, 5.41) is 3.57. The molecular weight excluding hydrogens is 234 g/mol. The highest BCUT2D eigenvalue weighted by Crippen LogP contribution is 2.21. The van der Waals surface area contributed by atoms with E-state index >= 15 is 0 Å². The Morgan fingerprint density at radius 3 is 3.05 bits per heavy atom. The third-order valence-electron chi connectivity index (χ3n) is 4.11. The molecule has 0 amide bonds. The zero-order valence-electron chi connectivity index (χ0n) is 12.5. The molecule has 2 heterocycles. The van der Waals surface area contributed by atoms with Crippen molar-refractivity contribution in [2.45, 2.75) is 46.2 Å². The van der Waals surface area contributed by atoms with Crippen LogP contribution >= 0.6 is 0 Å². The lowest BCUT2D eigenvalue weighted by atomic mass is 9.91. The monoisotopic (exact) mass is 261 g/mol. The van der Waals surface area contributed by atoms with E-state index in [2.05, 4.69) is 54.2 Å². The molecule has 2 atom stereocenters. The summed E-state index contributed by atoms with van der Waals surface area (Å²) in [5.41, 5.74) is 2.32. The quantitative estimate of drug-likeness (QED) is 0.883. The lowest BCUT2D eigenvalue weighted by Gasteiger charge is -2.35. The predicted molar refractivity (Wildman–Crippen MR) is 80.1 cm³/mol. The van der Waals surface area contributed by atoms with Gasteiger partial charge in [-0.2, -0.15) is 0 Å². The number of pyridine rings is 1. The van der Waals surface area contributed by atoms with Crippen LogP contribution in [0, 0.1) is 12.8 Å². The second-order valence-electron chi connectivity index (χ2n) is 5.75. The zero-order chi connectivity index (χ0) is 13.7. The number of piperidine rings is 1. The van der Waals surface area contributed by atoms with Gasteiger partial charge in [-0.25, -0.2) is 0 Å². The van der Waals surface area contributed by atoms with Crippen LogP contribution in [0.5, 0.6) is 0 Å². The van der Waals surface area contributed by atoms with Crippen LogP contribution < -0.4 is 5.32 Å². The van der Waals surface area contributed by atoms with E-state index in [9.17, 15) is 0 Å². The van der Waals surface area contributed by atoms with Crippen molar-refractivity contribution in [2.24, 2.45) is 5.92 Å². The number of nitrogens with one attached hydrogen (secondary N) is 1. The van der Waals surface area contributed by atoms with Crippen molar-refractivity contribution in [3.8, 4) is 0 Å². The minimum absolute atomic E-state index is 0.623. The SMILES string of the molecule is CCNC(C)C1CCCN(Cc2cccc(C)n2)C1. The van der Waals surface area contributed by atoms with E-state index in [4.69, 9.17) is 0 Å². The van der Waals surface area contributed by atoms with Crippen LogP contribution in [0.15, 0.2) is 18.2 Å². The summed E-state index contributed by atoms with van der Waals surface area (Å²) in [4.78, 5) is 7.18. The zero-order valence-corrected chi connectivity index (χ0v) is 12.5. The van der Waals surface area contributed by atoms with Crippen LogP contribution in [0.3, 0.4) is 0 Å². The van der Waals surface area contributed by atoms with Gasteiger partial charge in [-0.05, 0) is 57.8 Å². The lowest BCUT2D eigenvalue weighted by molar-refractivity contribution is 0.144. The first kappa shape index (κ1) is 14.5. The Labute approximate surface area is 117 Å². The summed E-state index contributed by atoms with van der Waals surface area (Å²) < 4.78 is 0. The van der Waals surface area contributed by atoms with E-state index in [1.165, 1.54) is 31.6 Å². The number of nitrogens with zero attached hydrogens (tertiary/aromatic N) is 2. The Morgan fingerprint density at radius 1 is 1.47 bits per heavy atom. The highest BCUT2D eigenvalue weighted by molar-refractivity contribution is 5.09. The normalized spacial score (nSPS) is 22.4. The Morgan fingerprint density at radius 2 is 2.32 bits per heavy atom. The average Bonchev–Trinajstić information content (AvgIpc) is 2.39. The van der Waals surface area contributed by atoms with Crippen molar-refractivity contribution in [2.75, 3.05) is 19.6 Å². The molecule has 19 heavy (non-hydrogen) atoms. The van der Waals surface area contributed by atoms with E-state index in [0.717, 1.165) is 24.7 Å². The first-order valence-electron chi connectivity index (χ1n) is 7.57. The molecule has 1 aliphatic rings. The minimum atomic E-state index is 0.623. The van der Waals surface area contributed by atoms with E-state index < -0.39 is 0 Å². The first-order valence-corrected chi connectivity index (χ1v) is 7.57. The van der Waals surface area contributed by atoms with Crippen LogP contribution in [0.1, 0.15) is 38.1 Å². The molecule has 3 nitrogen and oxygen atoms in total. The third-order valence-corrected chi connectivity index (χ3v) is 4.11. The minimum Gasteiger partial charge on any atom is -0.314 e. The van der Waals surface area contributed by atoms with Gasteiger partial charge in [0.25, 0.3) is 0 Å². The van der Waals surface area contributed by atoms with Gasteiger partial charge in [0.05, 0.1) is 5.69 Å².